The standard InChI is InChI=1S/C17H25N3/c1-4-15(18)12-14-11-13-9-7-8-10-16(13)19-17(14)20(5-2)6-3/h7-11,15H,4-6,12,18H2,1-3H3. The average molecular weight is 271 g/mol. The number of aromatic nitrogens is 1. The number of para-hydroxylation sites is 1. The van der Waals surface area contributed by atoms with Crippen molar-refractivity contribution in [2.45, 2.75) is 39.7 Å². The Morgan fingerprint density at radius 3 is 2.50 bits per heavy atom. The molecule has 1 aromatic carbocycles. The van der Waals surface area contributed by atoms with E-state index < -0.39 is 0 Å². The minimum absolute atomic E-state index is 0.201. The molecule has 1 unspecified atom stereocenters. The van der Waals surface area contributed by atoms with Crippen molar-refractivity contribution in [3.8, 4) is 0 Å². The molecule has 0 saturated heterocycles. The van der Waals surface area contributed by atoms with Gasteiger partial charge in [0, 0.05) is 24.5 Å². The molecule has 0 amide bonds. The number of nitrogens with zero attached hydrogens (tertiary/aromatic N) is 2. The van der Waals surface area contributed by atoms with Crippen LogP contribution in [0.4, 0.5) is 5.82 Å². The predicted octanol–water partition coefficient (Wildman–Crippen LogP) is 3.36. The zero-order valence-electron chi connectivity index (χ0n) is 12.8. The monoisotopic (exact) mass is 271 g/mol. The number of nitrogens with two attached hydrogens (primary N) is 1. The third-order valence-corrected chi connectivity index (χ3v) is 3.85. The van der Waals surface area contributed by atoms with Crippen LogP contribution in [-0.2, 0) is 6.42 Å². The Hall–Kier alpha value is -1.61. The zero-order valence-corrected chi connectivity index (χ0v) is 12.8. The Bertz CT molecular complexity index is 561. The number of rotatable bonds is 6. The molecule has 2 aromatic rings. The van der Waals surface area contributed by atoms with Crippen LogP contribution in [0.5, 0.6) is 0 Å². The second kappa shape index (κ2) is 6.71. The SMILES string of the molecule is CCC(N)Cc1cc2ccccc2nc1N(CC)CC. The lowest BCUT2D eigenvalue weighted by atomic mass is 10.0. The van der Waals surface area contributed by atoms with Gasteiger partial charge in [0.1, 0.15) is 5.82 Å². The second-order valence-electron chi connectivity index (χ2n) is 5.21. The Morgan fingerprint density at radius 2 is 1.85 bits per heavy atom. The highest BCUT2D eigenvalue weighted by atomic mass is 15.2. The first-order valence-corrected chi connectivity index (χ1v) is 7.58. The van der Waals surface area contributed by atoms with Crippen molar-refractivity contribution in [2.75, 3.05) is 18.0 Å². The summed E-state index contributed by atoms with van der Waals surface area (Å²) in [5.74, 6) is 1.10. The summed E-state index contributed by atoms with van der Waals surface area (Å²) in [7, 11) is 0. The van der Waals surface area contributed by atoms with E-state index >= 15 is 0 Å². The maximum Gasteiger partial charge on any atom is 0.132 e. The lowest BCUT2D eigenvalue weighted by Crippen LogP contribution is -2.27. The molecule has 1 aromatic heterocycles. The van der Waals surface area contributed by atoms with E-state index in [1.165, 1.54) is 10.9 Å². The highest BCUT2D eigenvalue weighted by molar-refractivity contribution is 5.81. The molecule has 2 N–H and O–H groups in total. The third-order valence-electron chi connectivity index (χ3n) is 3.85. The quantitative estimate of drug-likeness (QED) is 0.876. The molecule has 1 atom stereocenters. The van der Waals surface area contributed by atoms with Gasteiger partial charge in [0.15, 0.2) is 0 Å². The Balaban J connectivity index is 2.52. The summed E-state index contributed by atoms with van der Waals surface area (Å²) >= 11 is 0. The number of hydrogen-bond acceptors (Lipinski definition) is 3. The first kappa shape index (κ1) is 14.8. The zero-order chi connectivity index (χ0) is 14.5. The van der Waals surface area contributed by atoms with Gasteiger partial charge in [-0.2, -0.15) is 0 Å². The molecule has 3 heteroatoms. The summed E-state index contributed by atoms with van der Waals surface area (Å²) in [5.41, 5.74) is 8.48. The van der Waals surface area contributed by atoms with E-state index in [0.717, 1.165) is 37.3 Å². The van der Waals surface area contributed by atoms with Crippen molar-refractivity contribution in [3.63, 3.8) is 0 Å². The molecule has 0 aliphatic carbocycles. The van der Waals surface area contributed by atoms with Crippen molar-refractivity contribution < 1.29 is 0 Å². The second-order valence-corrected chi connectivity index (χ2v) is 5.21. The minimum Gasteiger partial charge on any atom is -0.357 e. The first-order chi connectivity index (χ1) is 9.69. The fraction of sp³-hybridized carbons (Fsp3) is 0.471. The van der Waals surface area contributed by atoms with E-state index in [9.17, 15) is 0 Å². The van der Waals surface area contributed by atoms with Crippen LogP contribution in [0.1, 0.15) is 32.8 Å². The Morgan fingerprint density at radius 1 is 1.15 bits per heavy atom. The summed E-state index contributed by atoms with van der Waals surface area (Å²) in [5, 5.41) is 1.20. The van der Waals surface area contributed by atoms with Gasteiger partial charge < -0.3 is 10.6 Å². The summed E-state index contributed by atoms with van der Waals surface area (Å²) in [6.07, 6.45) is 1.88. The summed E-state index contributed by atoms with van der Waals surface area (Å²) < 4.78 is 0. The van der Waals surface area contributed by atoms with Crippen molar-refractivity contribution in [1.82, 2.24) is 4.98 Å². The number of pyridine rings is 1. The molecule has 0 radical (unpaired) electrons. The van der Waals surface area contributed by atoms with Gasteiger partial charge >= 0.3 is 0 Å². The van der Waals surface area contributed by atoms with Gasteiger partial charge in [0.25, 0.3) is 0 Å². The molecule has 3 nitrogen and oxygen atoms in total. The predicted molar refractivity (Wildman–Crippen MR) is 87.3 cm³/mol. The normalized spacial score (nSPS) is 12.6. The van der Waals surface area contributed by atoms with Crippen LogP contribution in [-0.4, -0.2) is 24.1 Å². The molecule has 20 heavy (non-hydrogen) atoms. The maximum absolute atomic E-state index is 6.15. The van der Waals surface area contributed by atoms with Gasteiger partial charge in [0.2, 0.25) is 0 Å². The van der Waals surface area contributed by atoms with Crippen LogP contribution in [0.15, 0.2) is 30.3 Å². The molecular weight excluding hydrogens is 246 g/mol. The van der Waals surface area contributed by atoms with E-state index in [0.29, 0.717) is 0 Å². The van der Waals surface area contributed by atoms with Crippen LogP contribution in [0.25, 0.3) is 10.9 Å². The fourth-order valence-electron chi connectivity index (χ4n) is 2.52. The molecule has 108 valence electrons. The van der Waals surface area contributed by atoms with Crippen molar-refractivity contribution in [2.24, 2.45) is 5.73 Å². The molecule has 0 spiro atoms. The lowest BCUT2D eigenvalue weighted by Gasteiger charge is -2.24. The van der Waals surface area contributed by atoms with E-state index in [-0.39, 0.29) is 6.04 Å². The number of fused-ring (bicyclic) bond motifs is 1. The smallest absolute Gasteiger partial charge is 0.132 e. The number of benzene rings is 1. The van der Waals surface area contributed by atoms with Crippen molar-refractivity contribution in [1.29, 1.82) is 0 Å². The topological polar surface area (TPSA) is 42.1 Å². The van der Waals surface area contributed by atoms with E-state index in [4.69, 9.17) is 10.7 Å². The lowest BCUT2D eigenvalue weighted by molar-refractivity contribution is 0.643. The van der Waals surface area contributed by atoms with Crippen LogP contribution in [0.3, 0.4) is 0 Å². The summed E-state index contributed by atoms with van der Waals surface area (Å²) in [4.78, 5) is 7.18. The molecule has 0 aliphatic rings. The van der Waals surface area contributed by atoms with Gasteiger partial charge in [-0.05, 0) is 44.4 Å². The summed E-state index contributed by atoms with van der Waals surface area (Å²) in [6.45, 7) is 8.41. The molecule has 0 fully saturated rings. The van der Waals surface area contributed by atoms with Crippen LogP contribution < -0.4 is 10.6 Å². The van der Waals surface area contributed by atoms with Gasteiger partial charge in [-0.1, -0.05) is 25.1 Å². The van der Waals surface area contributed by atoms with Crippen molar-refractivity contribution in [3.05, 3.63) is 35.9 Å². The third kappa shape index (κ3) is 3.10. The fourth-order valence-corrected chi connectivity index (χ4v) is 2.52. The average Bonchev–Trinajstić information content (AvgIpc) is 2.48. The van der Waals surface area contributed by atoms with Crippen LogP contribution >= 0.6 is 0 Å². The summed E-state index contributed by atoms with van der Waals surface area (Å²) in [6, 6.07) is 10.8. The van der Waals surface area contributed by atoms with Gasteiger partial charge in [-0.15, -0.1) is 0 Å². The van der Waals surface area contributed by atoms with Gasteiger partial charge in [-0.3, -0.25) is 0 Å². The number of hydrogen-bond donors (Lipinski definition) is 1. The molecule has 0 aliphatic heterocycles. The highest BCUT2D eigenvalue weighted by Crippen LogP contribution is 2.25. The van der Waals surface area contributed by atoms with Crippen LogP contribution in [0.2, 0.25) is 0 Å². The maximum atomic E-state index is 6.15. The molecule has 1 heterocycles. The molecular formula is C17H25N3. The van der Waals surface area contributed by atoms with E-state index in [1.807, 2.05) is 6.07 Å². The molecule has 0 saturated carbocycles. The van der Waals surface area contributed by atoms with Gasteiger partial charge in [0.05, 0.1) is 5.52 Å². The van der Waals surface area contributed by atoms with Crippen LogP contribution in [0, 0.1) is 0 Å². The largest absolute Gasteiger partial charge is 0.357 e. The van der Waals surface area contributed by atoms with Gasteiger partial charge in [-0.25, -0.2) is 4.98 Å². The minimum atomic E-state index is 0.201. The highest BCUT2D eigenvalue weighted by Gasteiger charge is 2.14. The van der Waals surface area contributed by atoms with E-state index in [2.05, 4.69) is 49.9 Å². The van der Waals surface area contributed by atoms with Crippen molar-refractivity contribution >= 4 is 16.7 Å². The Kier molecular flexibility index (Phi) is 4.96. The first-order valence-electron chi connectivity index (χ1n) is 7.58. The van der Waals surface area contributed by atoms with E-state index in [1.54, 1.807) is 0 Å². The molecule has 2 rings (SSSR count). The molecule has 0 bridgehead atoms. The number of anilines is 1. The Labute approximate surface area is 121 Å².